The number of carbonyl (C=O) groups excluding carboxylic acids is 1. The van der Waals surface area contributed by atoms with E-state index in [1.54, 1.807) is 11.8 Å². The molecule has 3 rings (SSSR count). The number of rotatable bonds is 1. The first-order chi connectivity index (χ1) is 8.27. The molecule has 0 spiro atoms. The van der Waals surface area contributed by atoms with Crippen LogP contribution in [-0.2, 0) is 4.79 Å². The molecule has 2 atom stereocenters. The minimum Gasteiger partial charge on any atom is -0.342 e. The molecule has 0 radical (unpaired) electrons. The zero-order chi connectivity index (χ0) is 11.8. The van der Waals surface area contributed by atoms with Gasteiger partial charge in [0.25, 0.3) is 5.91 Å². The number of nitrogens with zero attached hydrogens (tertiary/aromatic N) is 2. The fourth-order valence-electron chi connectivity index (χ4n) is 2.49. The van der Waals surface area contributed by atoms with Crippen LogP contribution in [0.1, 0.15) is 18.5 Å². The molecule has 0 aromatic heterocycles. The summed E-state index contributed by atoms with van der Waals surface area (Å²) in [4.78, 5) is 18.3. The van der Waals surface area contributed by atoms with E-state index in [0.717, 1.165) is 17.5 Å². The van der Waals surface area contributed by atoms with Crippen LogP contribution in [-0.4, -0.2) is 28.3 Å². The maximum atomic E-state index is 11.9. The fraction of sp³-hybridized carbons (Fsp3) is 0.385. The third-order valence-electron chi connectivity index (χ3n) is 3.35. The van der Waals surface area contributed by atoms with Crippen molar-refractivity contribution in [2.45, 2.75) is 13.0 Å². The fourth-order valence-corrected chi connectivity index (χ4v) is 3.48. The van der Waals surface area contributed by atoms with Gasteiger partial charge in [0.1, 0.15) is 0 Å². The van der Waals surface area contributed by atoms with Crippen LogP contribution in [0.25, 0.3) is 0 Å². The Kier molecular flexibility index (Phi) is 2.67. The standard InChI is InChI=1S/C13H14N2OS/c1-9-11(10-5-3-2-4-6-10)15-7-8-17-13(15)14-12(9)16/h2-6,9,11H,7-8H2,1H3. The van der Waals surface area contributed by atoms with E-state index >= 15 is 0 Å². The van der Waals surface area contributed by atoms with Crippen LogP contribution in [0, 0.1) is 5.92 Å². The van der Waals surface area contributed by atoms with E-state index in [2.05, 4.69) is 22.0 Å². The third kappa shape index (κ3) is 1.76. The third-order valence-corrected chi connectivity index (χ3v) is 4.33. The summed E-state index contributed by atoms with van der Waals surface area (Å²) in [5.74, 6) is 0.988. The number of hydrogen-bond acceptors (Lipinski definition) is 3. The maximum Gasteiger partial charge on any atom is 0.253 e. The molecule has 0 aliphatic carbocycles. The van der Waals surface area contributed by atoms with Crippen molar-refractivity contribution in [3.63, 3.8) is 0 Å². The molecule has 0 N–H and O–H groups in total. The number of fused-ring (bicyclic) bond motifs is 1. The summed E-state index contributed by atoms with van der Waals surface area (Å²) in [7, 11) is 0. The lowest BCUT2D eigenvalue weighted by Crippen LogP contribution is -2.40. The molecular weight excluding hydrogens is 232 g/mol. The molecule has 2 unspecified atom stereocenters. The van der Waals surface area contributed by atoms with Crippen LogP contribution in [0.4, 0.5) is 0 Å². The van der Waals surface area contributed by atoms with Crippen LogP contribution in [0.3, 0.4) is 0 Å². The van der Waals surface area contributed by atoms with Crippen molar-refractivity contribution in [3.05, 3.63) is 35.9 Å². The summed E-state index contributed by atoms with van der Waals surface area (Å²) in [5, 5.41) is 0.905. The second-order valence-corrected chi connectivity index (χ2v) is 5.48. The largest absolute Gasteiger partial charge is 0.342 e. The Balaban J connectivity index is 2.03. The zero-order valence-electron chi connectivity index (χ0n) is 9.67. The summed E-state index contributed by atoms with van der Waals surface area (Å²) in [5.41, 5.74) is 1.21. The first-order valence-electron chi connectivity index (χ1n) is 5.84. The lowest BCUT2D eigenvalue weighted by molar-refractivity contribution is -0.123. The van der Waals surface area contributed by atoms with Gasteiger partial charge in [-0.25, -0.2) is 0 Å². The summed E-state index contributed by atoms with van der Waals surface area (Å²) in [6.45, 7) is 2.96. The average Bonchev–Trinajstić information content (AvgIpc) is 2.79. The van der Waals surface area contributed by atoms with Crippen molar-refractivity contribution < 1.29 is 4.79 Å². The van der Waals surface area contributed by atoms with Gasteiger partial charge in [-0.2, -0.15) is 4.99 Å². The van der Waals surface area contributed by atoms with E-state index in [0.29, 0.717) is 0 Å². The molecule has 17 heavy (non-hydrogen) atoms. The van der Waals surface area contributed by atoms with Crippen molar-refractivity contribution in [3.8, 4) is 0 Å². The van der Waals surface area contributed by atoms with Gasteiger partial charge in [0, 0.05) is 12.3 Å². The Bertz CT molecular complexity index is 472. The van der Waals surface area contributed by atoms with Gasteiger partial charge in [0.15, 0.2) is 5.17 Å². The van der Waals surface area contributed by atoms with Gasteiger partial charge in [0.05, 0.1) is 12.0 Å². The normalized spacial score (nSPS) is 27.9. The number of amidine groups is 1. The topological polar surface area (TPSA) is 32.7 Å². The molecule has 2 aliphatic heterocycles. The Labute approximate surface area is 105 Å². The molecule has 0 saturated carbocycles. The number of benzene rings is 1. The number of aliphatic imine (C=N–C) groups is 1. The van der Waals surface area contributed by atoms with Crippen molar-refractivity contribution >= 4 is 22.8 Å². The molecule has 0 bridgehead atoms. The Morgan fingerprint density at radius 2 is 2.12 bits per heavy atom. The minimum atomic E-state index is -0.0557. The van der Waals surface area contributed by atoms with E-state index in [1.807, 2.05) is 25.1 Å². The van der Waals surface area contributed by atoms with E-state index in [-0.39, 0.29) is 17.9 Å². The SMILES string of the molecule is CC1C(=O)N=C2SCCN2C1c1ccccc1. The number of carbonyl (C=O) groups is 1. The summed E-state index contributed by atoms with van der Waals surface area (Å²) < 4.78 is 0. The van der Waals surface area contributed by atoms with Crippen LogP contribution >= 0.6 is 11.8 Å². The van der Waals surface area contributed by atoms with Crippen molar-refractivity contribution in [1.82, 2.24) is 4.90 Å². The van der Waals surface area contributed by atoms with Crippen molar-refractivity contribution in [1.29, 1.82) is 0 Å². The Morgan fingerprint density at radius 1 is 1.35 bits per heavy atom. The number of hydrogen-bond donors (Lipinski definition) is 0. The van der Waals surface area contributed by atoms with E-state index in [1.165, 1.54) is 5.56 Å². The minimum absolute atomic E-state index is 0.0134. The smallest absolute Gasteiger partial charge is 0.253 e. The van der Waals surface area contributed by atoms with E-state index < -0.39 is 0 Å². The van der Waals surface area contributed by atoms with Gasteiger partial charge in [-0.1, -0.05) is 49.0 Å². The highest BCUT2D eigenvalue weighted by Gasteiger charge is 2.39. The Morgan fingerprint density at radius 3 is 2.88 bits per heavy atom. The van der Waals surface area contributed by atoms with Gasteiger partial charge >= 0.3 is 0 Å². The first-order valence-corrected chi connectivity index (χ1v) is 6.83. The second kappa shape index (κ2) is 4.18. The summed E-state index contributed by atoms with van der Waals surface area (Å²) in [6, 6.07) is 10.4. The van der Waals surface area contributed by atoms with Crippen LogP contribution < -0.4 is 0 Å². The average molecular weight is 246 g/mol. The monoisotopic (exact) mass is 246 g/mol. The van der Waals surface area contributed by atoms with Crippen LogP contribution in [0.15, 0.2) is 35.3 Å². The molecule has 1 aromatic rings. The Hall–Kier alpha value is -1.29. The first kappa shape index (κ1) is 10.8. The lowest BCUT2D eigenvalue weighted by atomic mass is 9.91. The highest BCUT2D eigenvalue weighted by molar-refractivity contribution is 8.14. The molecule has 3 nitrogen and oxygen atoms in total. The predicted molar refractivity (Wildman–Crippen MR) is 70.0 cm³/mol. The van der Waals surface area contributed by atoms with Gasteiger partial charge in [0.2, 0.25) is 0 Å². The molecule has 88 valence electrons. The number of amides is 1. The van der Waals surface area contributed by atoms with Crippen molar-refractivity contribution in [2.24, 2.45) is 10.9 Å². The molecule has 1 saturated heterocycles. The van der Waals surface area contributed by atoms with Gasteiger partial charge in [-0.15, -0.1) is 0 Å². The van der Waals surface area contributed by atoms with Crippen LogP contribution in [0.2, 0.25) is 0 Å². The molecular formula is C13H14N2OS. The van der Waals surface area contributed by atoms with Gasteiger partial charge < -0.3 is 4.90 Å². The van der Waals surface area contributed by atoms with Crippen LogP contribution in [0.5, 0.6) is 0 Å². The van der Waals surface area contributed by atoms with Gasteiger partial charge in [-0.3, -0.25) is 4.79 Å². The molecule has 2 aliphatic rings. The van der Waals surface area contributed by atoms with Gasteiger partial charge in [-0.05, 0) is 5.56 Å². The zero-order valence-corrected chi connectivity index (χ0v) is 10.5. The van der Waals surface area contributed by atoms with E-state index in [9.17, 15) is 4.79 Å². The second-order valence-electron chi connectivity index (χ2n) is 4.42. The summed E-state index contributed by atoms with van der Waals surface area (Å²) >= 11 is 1.69. The molecule has 1 fully saturated rings. The van der Waals surface area contributed by atoms with E-state index in [4.69, 9.17) is 0 Å². The quantitative estimate of drug-likeness (QED) is 0.762. The number of thioether (sulfide) groups is 1. The lowest BCUT2D eigenvalue weighted by Gasteiger charge is -2.35. The highest BCUT2D eigenvalue weighted by atomic mass is 32.2. The summed E-state index contributed by atoms with van der Waals surface area (Å²) in [6.07, 6.45) is 0. The molecule has 1 aromatic carbocycles. The maximum absolute atomic E-state index is 11.9. The highest BCUT2D eigenvalue weighted by Crippen LogP contribution is 2.38. The predicted octanol–water partition coefficient (Wildman–Crippen LogP) is 2.31. The molecule has 4 heteroatoms. The van der Waals surface area contributed by atoms with Crippen molar-refractivity contribution in [2.75, 3.05) is 12.3 Å². The molecule has 2 heterocycles. The molecule has 1 amide bonds.